The number of nitrogens with zero attached hydrogens (tertiary/aromatic N) is 1. The number of thiazole rings is 1. The van der Waals surface area contributed by atoms with Crippen LogP contribution in [0.1, 0.15) is 11.1 Å². The van der Waals surface area contributed by atoms with E-state index >= 15 is 0 Å². The minimum atomic E-state index is -0.213. The molecule has 1 aromatic heterocycles. The van der Waals surface area contributed by atoms with Crippen LogP contribution in [0.4, 0.5) is 5.13 Å². The van der Waals surface area contributed by atoms with Crippen molar-refractivity contribution in [3.8, 4) is 5.75 Å². The van der Waals surface area contributed by atoms with Gasteiger partial charge in [-0.2, -0.15) is 0 Å². The van der Waals surface area contributed by atoms with Crippen molar-refractivity contribution < 1.29 is 9.53 Å². The maximum absolute atomic E-state index is 11.7. The molecule has 0 saturated heterocycles. The monoisotopic (exact) mass is 340 g/mol. The largest absolute Gasteiger partial charge is 0.483 e. The number of halogens is 1. The predicted octanol–water partition coefficient (Wildman–Crippen LogP) is 3.54. The van der Waals surface area contributed by atoms with Crippen molar-refractivity contribution in [1.82, 2.24) is 4.98 Å². The van der Waals surface area contributed by atoms with Crippen LogP contribution in [-0.4, -0.2) is 17.5 Å². The van der Waals surface area contributed by atoms with Gasteiger partial charge in [-0.25, -0.2) is 4.98 Å². The van der Waals surface area contributed by atoms with Gasteiger partial charge in [0, 0.05) is 16.0 Å². The van der Waals surface area contributed by atoms with E-state index in [1.54, 1.807) is 11.6 Å². The van der Waals surface area contributed by atoms with E-state index < -0.39 is 0 Å². The summed E-state index contributed by atoms with van der Waals surface area (Å²) in [4.78, 5) is 15.6. The fraction of sp³-hybridized carbons (Fsp3) is 0.231. The van der Waals surface area contributed by atoms with Crippen LogP contribution in [0.2, 0.25) is 0 Å². The molecule has 2 aromatic rings. The Bertz CT molecular complexity index is 585. The van der Waals surface area contributed by atoms with Crippen molar-refractivity contribution in [1.29, 1.82) is 0 Å². The van der Waals surface area contributed by atoms with E-state index in [2.05, 4.69) is 26.2 Å². The first kappa shape index (κ1) is 14.0. The Morgan fingerprint density at radius 2 is 2.21 bits per heavy atom. The topological polar surface area (TPSA) is 51.2 Å². The van der Waals surface area contributed by atoms with E-state index in [1.165, 1.54) is 11.3 Å². The van der Waals surface area contributed by atoms with Crippen LogP contribution in [0.25, 0.3) is 0 Å². The first-order chi connectivity index (χ1) is 9.06. The van der Waals surface area contributed by atoms with Crippen LogP contribution >= 0.6 is 27.3 Å². The first-order valence-corrected chi connectivity index (χ1v) is 7.32. The third-order valence-corrected chi connectivity index (χ3v) is 4.04. The van der Waals surface area contributed by atoms with Crippen LogP contribution < -0.4 is 10.1 Å². The van der Waals surface area contributed by atoms with E-state index in [0.717, 1.165) is 21.3 Å². The molecule has 1 heterocycles. The van der Waals surface area contributed by atoms with Crippen molar-refractivity contribution >= 4 is 38.3 Å². The van der Waals surface area contributed by atoms with Gasteiger partial charge in [0.25, 0.3) is 5.91 Å². The molecule has 0 aliphatic heterocycles. The minimum Gasteiger partial charge on any atom is -0.483 e. The molecule has 6 heteroatoms. The van der Waals surface area contributed by atoms with Gasteiger partial charge in [-0.15, -0.1) is 11.3 Å². The van der Waals surface area contributed by atoms with Gasteiger partial charge in [-0.05, 0) is 37.1 Å². The summed E-state index contributed by atoms with van der Waals surface area (Å²) in [6.45, 7) is 3.89. The van der Waals surface area contributed by atoms with Gasteiger partial charge in [0.15, 0.2) is 11.7 Å². The van der Waals surface area contributed by atoms with Gasteiger partial charge in [0.05, 0.1) is 0 Å². The number of carbonyl (C=O) groups is 1. The van der Waals surface area contributed by atoms with Crippen LogP contribution in [0.3, 0.4) is 0 Å². The molecule has 0 aliphatic rings. The molecule has 2 rings (SSSR count). The molecule has 0 unspecified atom stereocenters. The molecular formula is C13H13BrN2O2S. The maximum atomic E-state index is 11.7. The number of nitrogens with one attached hydrogen (secondary N) is 1. The van der Waals surface area contributed by atoms with Crippen LogP contribution in [-0.2, 0) is 4.79 Å². The highest BCUT2D eigenvalue weighted by Crippen LogP contribution is 2.26. The van der Waals surface area contributed by atoms with Crippen molar-refractivity contribution in [3.05, 3.63) is 39.3 Å². The Morgan fingerprint density at radius 1 is 1.42 bits per heavy atom. The van der Waals surface area contributed by atoms with E-state index in [0.29, 0.717) is 5.13 Å². The van der Waals surface area contributed by atoms with E-state index in [1.807, 2.05) is 26.0 Å². The van der Waals surface area contributed by atoms with Gasteiger partial charge in [-0.1, -0.05) is 15.9 Å². The normalized spacial score (nSPS) is 10.3. The van der Waals surface area contributed by atoms with Gasteiger partial charge < -0.3 is 4.74 Å². The van der Waals surface area contributed by atoms with E-state index in [-0.39, 0.29) is 12.5 Å². The second kappa shape index (κ2) is 6.16. The average molecular weight is 341 g/mol. The number of anilines is 1. The Hall–Kier alpha value is -1.40. The summed E-state index contributed by atoms with van der Waals surface area (Å²) in [7, 11) is 0. The molecule has 0 saturated carbocycles. The number of benzene rings is 1. The van der Waals surface area contributed by atoms with E-state index in [9.17, 15) is 4.79 Å². The molecule has 0 atom stereocenters. The molecule has 1 amide bonds. The number of rotatable bonds is 4. The lowest BCUT2D eigenvalue weighted by Crippen LogP contribution is -2.20. The minimum absolute atomic E-state index is 0.0263. The number of carbonyl (C=O) groups excluding carboxylic acids is 1. The second-order valence-electron chi connectivity index (χ2n) is 4.04. The highest BCUT2D eigenvalue weighted by atomic mass is 79.9. The zero-order valence-corrected chi connectivity index (χ0v) is 13.0. The number of ether oxygens (including phenoxy) is 1. The zero-order valence-electron chi connectivity index (χ0n) is 10.6. The SMILES string of the molecule is Cc1cc(OCC(=O)Nc2nccs2)c(C)cc1Br. The Labute approximate surface area is 124 Å². The lowest BCUT2D eigenvalue weighted by atomic mass is 10.1. The number of aryl methyl sites for hydroxylation is 2. The fourth-order valence-electron chi connectivity index (χ4n) is 1.49. The standard InChI is InChI=1S/C13H13BrN2O2S/c1-8-6-11(9(2)5-10(8)14)18-7-12(17)16-13-15-3-4-19-13/h3-6H,7H2,1-2H3,(H,15,16,17). The van der Waals surface area contributed by atoms with Crippen molar-refractivity contribution in [2.45, 2.75) is 13.8 Å². The molecule has 1 aromatic carbocycles. The number of hydrogen-bond acceptors (Lipinski definition) is 4. The third kappa shape index (κ3) is 3.78. The summed E-state index contributed by atoms with van der Waals surface area (Å²) < 4.78 is 6.56. The lowest BCUT2D eigenvalue weighted by Gasteiger charge is -2.10. The highest BCUT2D eigenvalue weighted by molar-refractivity contribution is 9.10. The summed E-state index contributed by atoms with van der Waals surface area (Å²) in [6.07, 6.45) is 1.64. The number of amides is 1. The highest BCUT2D eigenvalue weighted by Gasteiger charge is 2.08. The molecule has 0 bridgehead atoms. The summed E-state index contributed by atoms with van der Waals surface area (Å²) in [6, 6.07) is 3.89. The third-order valence-electron chi connectivity index (χ3n) is 2.49. The molecule has 100 valence electrons. The Kier molecular flexibility index (Phi) is 4.55. The van der Waals surface area contributed by atoms with Crippen molar-refractivity contribution in [3.63, 3.8) is 0 Å². The van der Waals surface area contributed by atoms with Gasteiger partial charge >= 0.3 is 0 Å². The quantitative estimate of drug-likeness (QED) is 0.925. The Morgan fingerprint density at radius 3 is 2.89 bits per heavy atom. The molecule has 0 aliphatic carbocycles. The first-order valence-electron chi connectivity index (χ1n) is 5.65. The second-order valence-corrected chi connectivity index (χ2v) is 5.79. The van der Waals surface area contributed by atoms with Gasteiger partial charge in [0.2, 0.25) is 0 Å². The number of aromatic nitrogens is 1. The molecule has 4 nitrogen and oxygen atoms in total. The average Bonchev–Trinajstić information content (AvgIpc) is 2.85. The zero-order chi connectivity index (χ0) is 13.8. The molecular weight excluding hydrogens is 328 g/mol. The van der Waals surface area contributed by atoms with Gasteiger partial charge in [-0.3, -0.25) is 10.1 Å². The van der Waals surface area contributed by atoms with Crippen LogP contribution in [0.15, 0.2) is 28.2 Å². The lowest BCUT2D eigenvalue weighted by molar-refractivity contribution is -0.118. The molecule has 1 N–H and O–H groups in total. The smallest absolute Gasteiger partial charge is 0.264 e. The molecule has 0 fully saturated rings. The summed E-state index contributed by atoms with van der Waals surface area (Å²) >= 11 is 4.83. The fourth-order valence-corrected chi connectivity index (χ4v) is 2.50. The van der Waals surface area contributed by atoms with Crippen LogP contribution in [0.5, 0.6) is 5.75 Å². The van der Waals surface area contributed by atoms with Crippen LogP contribution in [0, 0.1) is 13.8 Å². The van der Waals surface area contributed by atoms with Crippen molar-refractivity contribution in [2.75, 3.05) is 11.9 Å². The van der Waals surface area contributed by atoms with Crippen molar-refractivity contribution in [2.24, 2.45) is 0 Å². The molecule has 0 radical (unpaired) electrons. The Balaban J connectivity index is 1.95. The maximum Gasteiger partial charge on any atom is 0.264 e. The molecule has 19 heavy (non-hydrogen) atoms. The predicted molar refractivity (Wildman–Crippen MR) is 79.9 cm³/mol. The summed E-state index contributed by atoms with van der Waals surface area (Å²) in [5.41, 5.74) is 2.06. The van der Waals surface area contributed by atoms with Gasteiger partial charge in [0.1, 0.15) is 5.75 Å². The molecule has 0 spiro atoms. The van der Waals surface area contributed by atoms with E-state index in [4.69, 9.17) is 4.74 Å². The number of hydrogen-bond donors (Lipinski definition) is 1. The summed E-state index contributed by atoms with van der Waals surface area (Å²) in [5, 5.41) is 5.06. The summed E-state index contributed by atoms with van der Waals surface area (Å²) in [5.74, 6) is 0.505.